The summed E-state index contributed by atoms with van der Waals surface area (Å²) < 4.78 is 35.2. The SMILES string of the molecule is COc1ccc(S(=O)(=O)n2c(=O)n(C(C(=O)N3CC(N4CCN(Cc5ccccc5)CC4)C3)c3ccccc3)c3cc(Cl)ccc32)cc1. The highest BCUT2D eigenvalue weighted by molar-refractivity contribution is 7.90. The van der Waals surface area contributed by atoms with E-state index in [2.05, 4.69) is 34.1 Å². The summed E-state index contributed by atoms with van der Waals surface area (Å²) in [4.78, 5) is 35.3. The number of fused-ring (bicyclic) bond motifs is 1. The lowest BCUT2D eigenvalue weighted by molar-refractivity contribution is -0.141. The summed E-state index contributed by atoms with van der Waals surface area (Å²) in [6, 6.07) is 29.0. The fraction of sp³-hybridized carbons (Fsp3) is 0.278. The van der Waals surface area contributed by atoms with Gasteiger partial charge in [0.15, 0.2) is 0 Å². The summed E-state index contributed by atoms with van der Waals surface area (Å²) in [6.07, 6.45) is 0. The van der Waals surface area contributed by atoms with Crippen molar-refractivity contribution in [3.63, 3.8) is 0 Å². The van der Waals surface area contributed by atoms with E-state index >= 15 is 0 Å². The van der Waals surface area contributed by atoms with Crippen LogP contribution in [0.15, 0.2) is 113 Å². The van der Waals surface area contributed by atoms with Crippen LogP contribution in [0.3, 0.4) is 0 Å². The Labute approximate surface area is 284 Å². The average Bonchev–Trinajstić information content (AvgIpc) is 3.37. The maximum atomic E-state index is 14.4. The predicted octanol–water partition coefficient (Wildman–Crippen LogP) is 4.32. The highest BCUT2D eigenvalue weighted by Gasteiger charge is 2.41. The number of hydrogen-bond donors (Lipinski definition) is 0. The number of rotatable bonds is 9. The Bertz CT molecular complexity index is 2090. The van der Waals surface area contributed by atoms with E-state index < -0.39 is 21.8 Å². The van der Waals surface area contributed by atoms with Gasteiger partial charge in [0.1, 0.15) is 11.8 Å². The Hall–Kier alpha value is -4.42. The molecule has 4 aromatic carbocycles. The van der Waals surface area contributed by atoms with Gasteiger partial charge in [-0.05, 0) is 53.6 Å². The molecule has 0 saturated carbocycles. The number of carbonyl (C=O) groups excluding carboxylic acids is 1. The number of carbonyl (C=O) groups is 1. The molecule has 2 aliphatic rings. The molecule has 0 N–H and O–H groups in total. The van der Waals surface area contributed by atoms with E-state index in [-0.39, 0.29) is 27.9 Å². The van der Waals surface area contributed by atoms with E-state index in [0.29, 0.717) is 29.4 Å². The first-order valence-electron chi connectivity index (χ1n) is 15.9. The number of imidazole rings is 1. The number of likely N-dealkylation sites (tertiary alicyclic amines) is 1. The minimum atomic E-state index is -4.37. The summed E-state index contributed by atoms with van der Waals surface area (Å²) in [5, 5.41) is 0.310. The van der Waals surface area contributed by atoms with Crippen molar-refractivity contribution in [2.75, 3.05) is 46.4 Å². The molecule has 7 rings (SSSR count). The lowest BCUT2D eigenvalue weighted by Gasteiger charge is -2.49. The number of methoxy groups -OCH3 is 1. The molecule has 1 amide bonds. The first-order valence-corrected chi connectivity index (χ1v) is 17.7. The third-order valence-electron chi connectivity index (χ3n) is 9.35. The number of nitrogens with zero attached hydrogens (tertiary/aromatic N) is 5. The van der Waals surface area contributed by atoms with Crippen LogP contribution < -0.4 is 10.4 Å². The van der Waals surface area contributed by atoms with Crippen molar-refractivity contribution < 1.29 is 17.9 Å². The van der Waals surface area contributed by atoms with Crippen molar-refractivity contribution >= 4 is 38.6 Å². The van der Waals surface area contributed by atoms with E-state index in [0.717, 1.165) is 36.7 Å². The molecule has 2 aliphatic heterocycles. The van der Waals surface area contributed by atoms with E-state index in [1.807, 2.05) is 12.1 Å². The first kappa shape index (κ1) is 32.1. The summed E-state index contributed by atoms with van der Waals surface area (Å²) in [7, 11) is -2.88. The van der Waals surface area contributed by atoms with E-state index in [9.17, 15) is 18.0 Å². The number of halogens is 1. The van der Waals surface area contributed by atoms with Crippen LogP contribution in [-0.4, -0.2) is 90.0 Å². The zero-order valence-electron chi connectivity index (χ0n) is 26.5. The Morgan fingerprint density at radius 2 is 1.50 bits per heavy atom. The molecule has 1 atom stereocenters. The zero-order chi connectivity index (χ0) is 33.4. The molecule has 3 heterocycles. The molecule has 0 bridgehead atoms. The van der Waals surface area contributed by atoms with E-state index in [4.69, 9.17) is 16.3 Å². The highest BCUT2D eigenvalue weighted by atomic mass is 35.5. The Morgan fingerprint density at radius 1 is 0.854 bits per heavy atom. The smallest absolute Gasteiger partial charge is 0.344 e. The molecular formula is C36H36ClN5O5S. The molecule has 48 heavy (non-hydrogen) atoms. The lowest BCUT2D eigenvalue weighted by atomic mass is 10.00. The van der Waals surface area contributed by atoms with Crippen molar-refractivity contribution in [3.8, 4) is 5.75 Å². The van der Waals surface area contributed by atoms with E-state index in [1.165, 1.54) is 59.7 Å². The van der Waals surface area contributed by atoms with Gasteiger partial charge < -0.3 is 9.64 Å². The molecular weight excluding hydrogens is 650 g/mol. The summed E-state index contributed by atoms with van der Waals surface area (Å²) >= 11 is 6.42. The monoisotopic (exact) mass is 685 g/mol. The average molecular weight is 686 g/mol. The van der Waals surface area contributed by atoms with Gasteiger partial charge in [0.05, 0.1) is 23.0 Å². The summed E-state index contributed by atoms with van der Waals surface area (Å²) in [6.45, 7) is 5.70. The first-order chi connectivity index (χ1) is 23.2. The van der Waals surface area contributed by atoms with Crippen LogP contribution in [0.5, 0.6) is 5.75 Å². The molecule has 10 nitrogen and oxygen atoms in total. The maximum Gasteiger partial charge on any atom is 0.344 e. The molecule has 5 aromatic rings. The van der Waals surface area contributed by atoms with Crippen LogP contribution in [0.25, 0.3) is 11.0 Å². The number of amides is 1. The molecule has 248 valence electrons. The molecule has 1 unspecified atom stereocenters. The second-order valence-electron chi connectivity index (χ2n) is 12.2. The lowest BCUT2D eigenvalue weighted by Crippen LogP contribution is -2.65. The van der Waals surface area contributed by atoms with Gasteiger partial charge in [0, 0.05) is 56.9 Å². The third-order valence-corrected chi connectivity index (χ3v) is 11.3. The number of aromatic nitrogens is 2. The van der Waals surface area contributed by atoms with Crippen LogP contribution in [0, 0.1) is 0 Å². The number of benzene rings is 4. The van der Waals surface area contributed by atoms with E-state index in [1.54, 1.807) is 29.2 Å². The van der Waals surface area contributed by atoms with Gasteiger partial charge >= 0.3 is 5.69 Å². The summed E-state index contributed by atoms with van der Waals surface area (Å²) in [5.74, 6) is 0.204. The normalized spacial score (nSPS) is 16.9. The maximum absolute atomic E-state index is 14.4. The van der Waals surface area contributed by atoms with Crippen molar-refractivity contribution in [2.24, 2.45) is 0 Å². The second kappa shape index (κ2) is 13.2. The largest absolute Gasteiger partial charge is 0.497 e. The van der Waals surface area contributed by atoms with Crippen molar-refractivity contribution in [1.82, 2.24) is 23.2 Å². The molecule has 0 spiro atoms. The topological polar surface area (TPSA) is 97.1 Å². The predicted molar refractivity (Wildman–Crippen MR) is 185 cm³/mol. The zero-order valence-corrected chi connectivity index (χ0v) is 28.1. The molecule has 12 heteroatoms. The fourth-order valence-corrected chi connectivity index (χ4v) is 8.27. The quantitative estimate of drug-likeness (QED) is 0.228. The summed E-state index contributed by atoms with van der Waals surface area (Å²) in [5.41, 5.74) is 1.40. The molecule has 0 aliphatic carbocycles. The number of hydrogen-bond acceptors (Lipinski definition) is 7. The van der Waals surface area contributed by atoms with Gasteiger partial charge in [0.2, 0.25) is 0 Å². The van der Waals surface area contributed by atoms with Crippen LogP contribution >= 0.6 is 11.6 Å². The van der Waals surface area contributed by atoms with Gasteiger partial charge in [-0.2, -0.15) is 3.97 Å². The Balaban J connectivity index is 1.18. The van der Waals surface area contributed by atoms with Gasteiger partial charge in [-0.3, -0.25) is 19.2 Å². The minimum absolute atomic E-state index is 0.0866. The highest BCUT2D eigenvalue weighted by Crippen LogP contribution is 2.31. The Kier molecular flexibility index (Phi) is 8.86. The van der Waals surface area contributed by atoms with Crippen molar-refractivity contribution in [3.05, 3.63) is 130 Å². The molecule has 2 fully saturated rings. The van der Waals surface area contributed by atoms with Crippen LogP contribution in [0.4, 0.5) is 0 Å². The number of piperazine rings is 1. The van der Waals surface area contributed by atoms with Crippen LogP contribution in [0.2, 0.25) is 5.02 Å². The fourth-order valence-electron chi connectivity index (χ4n) is 6.70. The number of ether oxygens (including phenoxy) is 1. The van der Waals surface area contributed by atoms with Gasteiger partial charge in [0.25, 0.3) is 15.9 Å². The van der Waals surface area contributed by atoms with Gasteiger partial charge in [-0.25, -0.2) is 13.2 Å². The van der Waals surface area contributed by atoms with Crippen molar-refractivity contribution in [1.29, 1.82) is 0 Å². The standard InChI is InChI=1S/C36H36ClN5O5S/c1-47-30-13-15-31(16-14-30)48(45,46)42-32-17-12-28(37)22-33(32)41(36(42)44)34(27-10-6-3-7-11-27)35(43)40-24-29(25-40)39-20-18-38(19-21-39)23-26-8-4-2-5-9-26/h2-17,22,29,34H,18-21,23-25H2,1H3. The molecule has 1 aromatic heterocycles. The van der Waals surface area contributed by atoms with Crippen LogP contribution in [-0.2, 0) is 21.4 Å². The minimum Gasteiger partial charge on any atom is -0.497 e. The van der Waals surface area contributed by atoms with Crippen molar-refractivity contribution in [2.45, 2.75) is 23.5 Å². The second-order valence-corrected chi connectivity index (χ2v) is 14.5. The van der Waals surface area contributed by atoms with Gasteiger partial charge in [-0.15, -0.1) is 0 Å². The molecule has 2 saturated heterocycles. The third kappa shape index (κ3) is 6.03. The van der Waals surface area contributed by atoms with Gasteiger partial charge in [-0.1, -0.05) is 72.3 Å². The van der Waals surface area contributed by atoms with Crippen LogP contribution in [0.1, 0.15) is 17.2 Å². The molecule has 0 radical (unpaired) electrons. The Morgan fingerprint density at radius 3 is 2.15 bits per heavy atom.